The van der Waals surface area contributed by atoms with Crippen LogP contribution in [-0.2, 0) is 11.3 Å². The van der Waals surface area contributed by atoms with E-state index in [2.05, 4.69) is 21.5 Å². The third-order valence-electron chi connectivity index (χ3n) is 5.18. The van der Waals surface area contributed by atoms with E-state index in [4.69, 9.17) is 29.6 Å². The maximum absolute atomic E-state index is 13.3. The molecule has 0 saturated heterocycles. The van der Waals surface area contributed by atoms with Crippen molar-refractivity contribution in [2.75, 3.05) is 5.32 Å². The van der Waals surface area contributed by atoms with E-state index in [0.717, 1.165) is 0 Å². The number of para-hydroxylation sites is 1. The van der Waals surface area contributed by atoms with Crippen molar-refractivity contribution in [3.63, 3.8) is 0 Å². The van der Waals surface area contributed by atoms with E-state index in [0.29, 0.717) is 11.3 Å². The predicted octanol–water partition coefficient (Wildman–Crippen LogP) is 4.45. The van der Waals surface area contributed by atoms with Crippen LogP contribution in [0.5, 0.6) is 0 Å². The molecular weight excluding hydrogens is 487 g/mol. The fourth-order valence-corrected chi connectivity index (χ4v) is 3.82. The quantitative estimate of drug-likeness (QED) is 0.299. The van der Waals surface area contributed by atoms with Gasteiger partial charge in [0, 0.05) is 11.9 Å². The number of hydrogen-bond acceptors (Lipinski definition) is 4. The number of nitrogens with one attached hydrogen (secondary N) is 2. The van der Waals surface area contributed by atoms with Crippen LogP contribution >= 0.6 is 23.2 Å². The fourth-order valence-electron chi connectivity index (χ4n) is 3.54. The van der Waals surface area contributed by atoms with Gasteiger partial charge in [-0.25, -0.2) is 4.98 Å². The molecule has 1 atom stereocenters. The van der Waals surface area contributed by atoms with E-state index in [9.17, 15) is 14.4 Å². The third kappa shape index (κ3) is 5.19. The summed E-state index contributed by atoms with van der Waals surface area (Å²) in [7, 11) is 0. The number of carbonyl (C=O) groups is 2. The van der Waals surface area contributed by atoms with E-state index >= 15 is 0 Å². The molecule has 0 aliphatic rings. The Hall–Kier alpha value is -4.12. The molecule has 0 aliphatic heterocycles. The average Bonchev–Trinajstić information content (AvgIpc) is 2.86. The molecule has 0 bridgehead atoms. The lowest BCUT2D eigenvalue weighted by molar-refractivity contribution is -0.118. The van der Waals surface area contributed by atoms with Crippen LogP contribution in [0.2, 0.25) is 10.2 Å². The maximum Gasteiger partial charge on any atom is 0.257 e. The molecule has 0 saturated carbocycles. The van der Waals surface area contributed by atoms with Crippen LogP contribution in [0.3, 0.4) is 0 Å². The number of rotatable bonds is 6. The minimum Gasteiger partial charge on any atom is -0.336 e. The summed E-state index contributed by atoms with van der Waals surface area (Å²) in [4.78, 5) is 43.8. The number of amides is 2. The van der Waals surface area contributed by atoms with E-state index in [1.54, 1.807) is 54.6 Å². The lowest BCUT2D eigenvalue weighted by Crippen LogP contribution is -2.39. The first-order valence-corrected chi connectivity index (χ1v) is 11.2. The number of carbonyl (C=O) groups excluding carboxylic acids is 2. The first-order chi connectivity index (χ1) is 16.9. The van der Waals surface area contributed by atoms with Crippen molar-refractivity contribution in [3.05, 3.63) is 104 Å². The third-order valence-corrected chi connectivity index (χ3v) is 5.85. The molecule has 2 aromatic carbocycles. The molecule has 0 aliphatic carbocycles. The number of halogens is 2. The zero-order valence-electron chi connectivity index (χ0n) is 18.2. The molecule has 2 amide bonds. The molecule has 4 aromatic rings. The van der Waals surface area contributed by atoms with E-state index in [1.807, 2.05) is 6.07 Å². The molecule has 2 N–H and O–H groups in total. The summed E-state index contributed by atoms with van der Waals surface area (Å²) in [6, 6.07) is 17.8. The Kier molecular flexibility index (Phi) is 7.16. The Balaban J connectivity index is 1.75. The van der Waals surface area contributed by atoms with Crippen molar-refractivity contribution in [3.8, 4) is 12.3 Å². The van der Waals surface area contributed by atoms with Crippen LogP contribution in [0.4, 0.5) is 5.69 Å². The highest BCUT2D eigenvalue weighted by atomic mass is 35.5. The summed E-state index contributed by atoms with van der Waals surface area (Å²) in [5.74, 6) is 1.22. The molecule has 4 rings (SSSR count). The summed E-state index contributed by atoms with van der Waals surface area (Å²) in [6.07, 6.45) is 6.76. The van der Waals surface area contributed by atoms with Gasteiger partial charge in [-0.05, 0) is 23.8 Å². The van der Waals surface area contributed by atoms with Crippen LogP contribution in [-0.4, -0.2) is 21.4 Å². The summed E-state index contributed by atoms with van der Waals surface area (Å²) in [5.41, 5.74) is 0.455. The van der Waals surface area contributed by atoms with E-state index in [1.165, 1.54) is 16.8 Å². The molecule has 7 nitrogen and oxygen atoms in total. The van der Waals surface area contributed by atoms with Crippen LogP contribution in [0, 0.1) is 12.3 Å². The lowest BCUT2D eigenvalue weighted by Gasteiger charge is -2.19. The zero-order chi connectivity index (χ0) is 24.9. The normalized spacial score (nSPS) is 11.5. The molecular formula is C26H18Cl2N4O3. The smallest absolute Gasteiger partial charge is 0.257 e. The molecule has 0 spiro atoms. The number of fused-ring (bicyclic) bond motifs is 1. The highest BCUT2D eigenvalue weighted by Gasteiger charge is 2.26. The van der Waals surface area contributed by atoms with Gasteiger partial charge in [0.1, 0.15) is 22.4 Å². The molecule has 9 heteroatoms. The van der Waals surface area contributed by atoms with Gasteiger partial charge in [0.15, 0.2) is 0 Å². The first kappa shape index (κ1) is 24.0. The largest absolute Gasteiger partial charge is 0.336 e. The van der Waals surface area contributed by atoms with Gasteiger partial charge in [-0.2, -0.15) is 0 Å². The number of hydrogen-bond donors (Lipinski definition) is 2. The van der Waals surface area contributed by atoms with Gasteiger partial charge < -0.3 is 15.2 Å². The number of benzene rings is 2. The van der Waals surface area contributed by atoms with Gasteiger partial charge in [-0.3, -0.25) is 14.4 Å². The molecule has 0 radical (unpaired) electrons. The van der Waals surface area contributed by atoms with E-state index < -0.39 is 23.3 Å². The number of pyridine rings is 2. The Morgan fingerprint density at radius 1 is 1.06 bits per heavy atom. The monoisotopic (exact) mass is 504 g/mol. The minimum atomic E-state index is -1.08. The zero-order valence-corrected chi connectivity index (χ0v) is 19.7. The molecule has 1 unspecified atom stereocenters. The van der Waals surface area contributed by atoms with E-state index in [-0.39, 0.29) is 33.3 Å². The molecule has 2 aromatic heterocycles. The average molecular weight is 505 g/mol. The lowest BCUT2D eigenvalue weighted by atomic mass is 10.0. The maximum atomic E-state index is 13.3. The highest BCUT2D eigenvalue weighted by molar-refractivity contribution is 6.41. The summed E-state index contributed by atoms with van der Waals surface area (Å²) in [6.45, 7) is 0.0264. The predicted molar refractivity (Wildman–Crippen MR) is 137 cm³/mol. The summed E-state index contributed by atoms with van der Waals surface area (Å²) >= 11 is 12.1. The van der Waals surface area contributed by atoms with Crippen molar-refractivity contribution < 1.29 is 9.59 Å². The SMILES string of the molecule is C#CCn1cc(C(=O)NC(C(=O)Nc2ccccc2)c2ccccc2)c(=O)c2cc(Cl)c(Cl)nc21. The number of anilines is 1. The topological polar surface area (TPSA) is 93.1 Å². The van der Waals surface area contributed by atoms with Crippen LogP contribution in [0.25, 0.3) is 11.0 Å². The summed E-state index contributed by atoms with van der Waals surface area (Å²) < 4.78 is 1.45. The van der Waals surface area contributed by atoms with Crippen molar-refractivity contribution in [2.24, 2.45) is 0 Å². The Labute approximate surface area is 210 Å². The number of aromatic nitrogens is 2. The van der Waals surface area contributed by atoms with Gasteiger partial charge in [0.25, 0.3) is 11.8 Å². The Morgan fingerprint density at radius 2 is 1.71 bits per heavy atom. The molecule has 35 heavy (non-hydrogen) atoms. The second kappa shape index (κ2) is 10.4. The molecule has 2 heterocycles. The van der Waals surface area contributed by atoms with Crippen molar-refractivity contribution >= 4 is 51.7 Å². The first-order valence-electron chi connectivity index (χ1n) is 10.4. The van der Waals surface area contributed by atoms with Crippen LogP contribution in [0.1, 0.15) is 22.0 Å². The van der Waals surface area contributed by atoms with Crippen LogP contribution in [0.15, 0.2) is 77.7 Å². The number of nitrogens with zero attached hydrogens (tertiary/aromatic N) is 2. The standard InChI is InChI=1S/C26H18Cl2N4O3/c1-2-13-32-15-19(22(33)18-14-20(27)23(28)31-24(18)32)25(34)30-21(16-9-5-3-6-10-16)26(35)29-17-11-7-4-8-12-17/h1,3-12,14-15,21H,13H2,(H,29,35)(H,30,34). The second-order valence-electron chi connectivity index (χ2n) is 7.51. The molecule has 0 fully saturated rings. The number of terminal acetylenes is 1. The Morgan fingerprint density at radius 3 is 2.37 bits per heavy atom. The minimum absolute atomic E-state index is 0.00302. The highest BCUT2D eigenvalue weighted by Crippen LogP contribution is 2.24. The Bertz CT molecular complexity index is 1510. The fraction of sp³-hybridized carbons (Fsp3) is 0.0769. The van der Waals surface area contributed by atoms with Crippen molar-refractivity contribution in [1.82, 2.24) is 14.9 Å². The van der Waals surface area contributed by atoms with Crippen molar-refractivity contribution in [2.45, 2.75) is 12.6 Å². The van der Waals surface area contributed by atoms with Gasteiger partial charge >= 0.3 is 0 Å². The van der Waals surface area contributed by atoms with Gasteiger partial charge in [0.2, 0.25) is 5.43 Å². The summed E-state index contributed by atoms with van der Waals surface area (Å²) in [5, 5.41) is 5.60. The second-order valence-corrected chi connectivity index (χ2v) is 8.27. The van der Waals surface area contributed by atoms with Crippen LogP contribution < -0.4 is 16.1 Å². The van der Waals surface area contributed by atoms with Gasteiger partial charge in [-0.1, -0.05) is 77.7 Å². The van der Waals surface area contributed by atoms with Gasteiger partial charge in [-0.15, -0.1) is 6.42 Å². The molecule has 174 valence electrons. The van der Waals surface area contributed by atoms with Gasteiger partial charge in [0.05, 0.1) is 17.0 Å². The van der Waals surface area contributed by atoms with Crippen molar-refractivity contribution in [1.29, 1.82) is 0 Å².